The van der Waals surface area contributed by atoms with Crippen molar-refractivity contribution < 1.29 is 13.6 Å². The van der Waals surface area contributed by atoms with Crippen molar-refractivity contribution in [3.63, 3.8) is 0 Å². The summed E-state index contributed by atoms with van der Waals surface area (Å²) in [4.78, 5) is 12.6. The van der Waals surface area contributed by atoms with Crippen LogP contribution in [0.4, 0.5) is 8.78 Å². The van der Waals surface area contributed by atoms with Crippen LogP contribution in [0.2, 0.25) is 0 Å². The van der Waals surface area contributed by atoms with Gasteiger partial charge in [0, 0.05) is 11.1 Å². The van der Waals surface area contributed by atoms with E-state index in [1.807, 2.05) is 0 Å². The zero-order valence-corrected chi connectivity index (χ0v) is 12.6. The second-order valence-corrected chi connectivity index (χ2v) is 5.63. The summed E-state index contributed by atoms with van der Waals surface area (Å²) in [6.45, 7) is 0. The number of halogens is 2. The van der Waals surface area contributed by atoms with E-state index in [4.69, 9.17) is 0 Å². The molecule has 3 heteroatoms. The third-order valence-corrected chi connectivity index (χ3v) is 3.85. The Morgan fingerprint density at radius 3 is 1.70 bits per heavy atom. The predicted octanol–water partition coefficient (Wildman–Crippen LogP) is 5.18. The van der Waals surface area contributed by atoms with Crippen LogP contribution < -0.4 is 0 Å². The molecule has 1 aliphatic rings. The number of ketones is 1. The van der Waals surface area contributed by atoms with Crippen LogP contribution in [0.5, 0.6) is 0 Å². The predicted molar refractivity (Wildman–Crippen MR) is 87.6 cm³/mol. The minimum atomic E-state index is -0.321. The number of benzene rings is 2. The van der Waals surface area contributed by atoms with Gasteiger partial charge in [-0.1, -0.05) is 24.3 Å². The van der Waals surface area contributed by atoms with Gasteiger partial charge in [0.05, 0.1) is 0 Å². The molecule has 1 nitrogen and oxygen atoms in total. The number of allylic oxidation sites excluding steroid dienone is 2. The minimum absolute atomic E-state index is 0.0372. The number of carbonyl (C=O) groups is 1. The Kier molecular flexibility index (Phi) is 4.47. The van der Waals surface area contributed by atoms with Crippen molar-refractivity contribution in [3.05, 3.63) is 82.4 Å². The Labute approximate surface area is 134 Å². The van der Waals surface area contributed by atoms with E-state index in [1.54, 1.807) is 36.4 Å². The van der Waals surface area contributed by atoms with Crippen LogP contribution in [0.1, 0.15) is 30.4 Å². The highest BCUT2D eigenvalue weighted by molar-refractivity contribution is 6.13. The van der Waals surface area contributed by atoms with Gasteiger partial charge in [-0.3, -0.25) is 4.79 Å². The fourth-order valence-corrected chi connectivity index (χ4v) is 2.77. The molecular weight excluding hydrogens is 294 g/mol. The van der Waals surface area contributed by atoms with Gasteiger partial charge in [0.15, 0.2) is 5.78 Å². The highest BCUT2D eigenvalue weighted by Crippen LogP contribution is 2.28. The van der Waals surface area contributed by atoms with Gasteiger partial charge in [-0.15, -0.1) is 0 Å². The van der Waals surface area contributed by atoms with Crippen LogP contribution in [0.15, 0.2) is 59.7 Å². The Morgan fingerprint density at radius 1 is 0.783 bits per heavy atom. The Hall–Kier alpha value is -2.55. The Morgan fingerprint density at radius 2 is 1.26 bits per heavy atom. The van der Waals surface area contributed by atoms with E-state index in [9.17, 15) is 13.6 Å². The quantitative estimate of drug-likeness (QED) is 0.698. The molecule has 0 amide bonds. The van der Waals surface area contributed by atoms with Crippen LogP contribution >= 0.6 is 0 Å². The second kappa shape index (κ2) is 6.69. The molecule has 3 rings (SSSR count). The number of hydrogen-bond donors (Lipinski definition) is 0. The summed E-state index contributed by atoms with van der Waals surface area (Å²) >= 11 is 0. The summed E-state index contributed by atoms with van der Waals surface area (Å²) in [6, 6.07) is 12.4. The summed E-state index contributed by atoms with van der Waals surface area (Å²) in [5.74, 6) is -0.680. The fraction of sp³-hybridized carbons (Fsp3) is 0.150. The van der Waals surface area contributed by atoms with E-state index in [1.165, 1.54) is 24.3 Å². The second-order valence-electron chi connectivity index (χ2n) is 5.63. The Balaban J connectivity index is 1.89. The molecule has 1 saturated carbocycles. The van der Waals surface area contributed by atoms with Crippen molar-refractivity contribution >= 4 is 17.9 Å². The van der Waals surface area contributed by atoms with Crippen LogP contribution in [0, 0.1) is 11.6 Å². The molecule has 2 aromatic rings. The normalized spacial score (nSPS) is 18.6. The third kappa shape index (κ3) is 3.81. The summed E-state index contributed by atoms with van der Waals surface area (Å²) in [7, 11) is 0. The maximum atomic E-state index is 13.3. The van der Waals surface area contributed by atoms with E-state index < -0.39 is 0 Å². The van der Waals surface area contributed by atoms with E-state index in [0.717, 1.165) is 6.42 Å². The molecule has 0 saturated heterocycles. The molecule has 0 N–H and O–H groups in total. The molecule has 0 heterocycles. The molecule has 0 radical (unpaired) electrons. The number of rotatable bonds is 2. The summed E-state index contributed by atoms with van der Waals surface area (Å²) < 4.78 is 26.5. The summed E-state index contributed by atoms with van der Waals surface area (Å²) in [5, 5.41) is 0. The maximum absolute atomic E-state index is 13.3. The number of Topliss-reactive ketones (excluding diaryl/α,β-unsaturated/α-hetero) is 1. The van der Waals surface area contributed by atoms with Gasteiger partial charge in [0.1, 0.15) is 11.6 Å². The standard InChI is InChI=1S/C20H16F2O/c21-18-8-1-4-14(12-18)10-16-6-3-7-17(20(16)23)11-15-5-2-9-19(22)13-15/h1-2,4-5,8-13H,3,6-7H2/b16-10+,17-11+. The van der Waals surface area contributed by atoms with E-state index in [0.29, 0.717) is 35.1 Å². The van der Waals surface area contributed by atoms with Crippen LogP contribution in [-0.2, 0) is 4.79 Å². The average Bonchev–Trinajstić information content (AvgIpc) is 2.51. The zero-order chi connectivity index (χ0) is 16.2. The molecule has 116 valence electrons. The van der Waals surface area contributed by atoms with E-state index in [2.05, 4.69) is 0 Å². The minimum Gasteiger partial charge on any atom is -0.289 e. The number of carbonyl (C=O) groups excluding carboxylic acids is 1. The lowest BCUT2D eigenvalue weighted by Gasteiger charge is -2.16. The first-order valence-electron chi connectivity index (χ1n) is 7.59. The van der Waals surface area contributed by atoms with E-state index >= 15 is 0 Å². The highest BCUT2D eigenvalue weighted by atomic mass is 19.1. The molecule has 0 unspecified atom stereocenters. The largest absolute Gasteiger partial charge is 0.289 e. The van der Waals surface area contributed by atoms with Crippen molar-refractivity contribution in [2.45, 2.75) is 19.3 Å². The van der Waals surface area contributed by atoms with Gasteiger partial charge in [-0.05, 0) is 66.8 Å². The summed E-state index contributed by atoms with van der Waals surface area (Å²) in [5.41, 5.74) is 2.70. The lowest BCUT2D eigenvalue weighted by molar-refractivity contribution is -0.112. The van der Waals surface area contributed by atoms with Gasteiger partial charge in [0.2, 0.25) is 0 Å². The average molecular weight is 310 g/mol. The molecule has 23 heavy (non-hydrogen) atoms. The van der Waals surface area contributed by atoms with Crippen molar-refractivity contribution in [2.75, 3.05) is 0 Å². The van der Waals surface area contributed by atoms with Gasteiger partial charge >= 0.3 is 0 Å². The van der Waals surface area contributed by atoms with Gasteiger partial charge in [-0.2, -0.15) is 0 Å². The molecule has 0 aliphatic heterocycles. The topological polar surface area (TPSA) is 17.1 Å². The first kappa shape index (κ1) is 15.3. The van der Waals surface area contributed by atoms with Crippen molar-refractivity contribution in [3.8, 4) is 0 Å². The monoisotopic (exact) mass is 310 g/mol. The van der Waals surface area contributed by atoms with Crippen LogP contribution in [0.25, 0.3) is 12.2 Å². The van der Waals surface area contributed by atoms with Gasteiger partial charge in [0.25, 0.3) is 0 Å². The smallest absolute Gasteiger partial charge is 0.185 e. The van der Waals surface area contributed by atoms with Crippen molar-refractivity contribution in [1.82, 2.24) is 0 Å². The highest BCUT2D eigenvalue weighted by Gasteiger charge is 2.20. The molecule has 2 aromatic carbocycles. The van der Waals surface area contributed by atoms with Crippen molar-refractivity contribution in [2.24, 2.45) is 0 Å². The molecule has 1 fully saturated rings. The van der Waals surface area contributed by atoms with Gasteiger partial charge in [-0.25, -0.2) is 8.78 Å². The zero-order valence-electron chi connectivity index (χ0n) is 12.6. The first-order valence-corrected chi connectivity index (χ1v) is 7.59. The SMILES string of the molecule is O=C1/C(=C/c2cccc(F)c2)CCC/C1=C\c1cccc(F)c1. The first-order chi connectivity index (χ1) is 11.1. The molecule has 0 aromatic heterocycles. The van der Waals surface area contributed by atoms with E-state index in [-0.39, 0.29) is 17.4 Å². The summed E-state index contributed by atoms with van der Waals surface area (Å²) in [6.07, 6.45) is 5.69. The molecule has 0 atom stereocenters. The number of hydrogen-bond acceptors (Lipinski definition) is 1. The molecule has 0 spiro atoms. The maximum Gasteiger partial charge on any atom is 0.185 e. The lowest BCUT2D eigenvalue weighted by atomic mass is 9.87. The third-order valence-electron chi connectivity index (χ3n) is 3.85. The lowest BCUT2D eigenvalue weighted by Crippen LogP contribution is -2.12. The fourth-order valence-electron chi connectivity index (χ4n) is 2.77. The van der Waals surface area contributed by atoms with Crippen molar-refractivity contribution in [1.29, 1.82) is 0 Å². The molecular formula is C20H16F2O. The Bertz CT molecular complexity index is 737. The van der Waals surface area contributed by atoms with Crippen LogP contribution in [0.3, 0.4) is 0 Å². The molecule has 1 aliphatic carbocycles. The molecule has 0 bridgehead atoms. The van der Waals surface area contributed by atoms with Gasteiger partial charge < -0.3 is 0 Å². The van der Waals surface area contributed by atoms with Crippen LogP contribution in [-0.4, -0.2) is 5.78 Å².